The van der Waals surface area contributed by atoms with E-state index in [0.717, 1.165) is 0 Å². The molecule has 1 amide bonds. The number of ether oxygens (including phenoxy) is 2. The van der Waals surface area contributed by atoms with Crippen LogP contribution in [0.5, 0.6) is 0 Å². The summed E-state index contributed by atoms with van der Waals surface area (Å²) in [7, 11) is 0. The summed E-state index contributed by atoms with van der Waals surface area (Å²) in [6.07, 6.45) is 0.609. The van der Waals surface area contributed by atoms with E-state index in [0.29, 0.717) is 13.0 Å². The number of hydrogen-bond acceptors (Lipinski definition) is 7. The molecule has 0 saturated carbocycles. The van der Waals surface area contributed by atoms with Crippen LogP contribution in [0.15, 0.2) is 24.3 Å². The standard InChI is InChI=1S/C15H18N2O7/c1-2-23-14(19)4-3-9-16-13(18)10-24-15(20)11-5-7-12(8-6-11)17(21)22/h5-8H,2-4,9-10H2,1H3,(H,16,18). The minimum atomic E-state index is -0.758. The number of non-ortho nitro benzene ring substituents is 1. The fourth-order valence-electron chi connectivity index (χ4n) is 1.68. The van der Waals surface area contributed by atoms with E-state index in [-0.39, 0.29) is 30.2 Å². The molecule has 0 aliphatic rings. The van der Waals surface area contributed by atoms with Crippen LogP contribution >= 0.6 is 0 Å². The number of esters is 2. The summed E-state index contributed by atoms with van der Waals surface area (Å²) in [6, 6.07) is 4.84. The van der Waals surface area contributed by atoms with Gasteiger partial charge in [-0.3, -0.25) is 19.7 Å². The molecule has 1 aromatic carbocycles. The zero-order chi connectivity index (χ0) is 17.9. The Morgan fingerprint density at radius 1 is 1.17 bits per heavy atom. The van der Waals surface area contributed by atoms with Crippen LogP contribution in [0.4, 0.5) is 5.69 Å². The molecule has 0 saturated heterocycles. The molecule has 0 aromatic heterocycles. The molecule has 9 nitrogen and oxygen atoms in total. The molecule has 1 rings (SSSR count). The number of carbonyl (C=O) groups excluding carboxylic acids is 3. The molecule has 24 heavy (non-hydrogen) atoms. The molecular formula is C15H18N2O7. The zero-order valence-electron chi connectivity index (χ0n) is 13.1. The minimum absolute atomic E-state index is 0.107. The quantitative estimate of drug-likeness (QED) is 0.310. The molecule has 0 heterocycles. The van der Waals surface area contributed by atoms with Crippen molar-refractivity contribution in [1.29, 1.82) is 0 Å². The zero-order valence-corrected chi connectivity index (χ0v) is 13.1. The van der Waals surface area contributed by atoms with Gasteiger partial charge in [-0.1, -0.05) is 0 Å². The number of nitrogens with one attached hydrogen (secondary N) is 1. The van der Waals surface area contributed by atoms with E-state index in [4.69, 9.17) is 9.47 Å². The summed E-state index contributed by atoms with van der Waals surface area (Å²) in [5.41, 5.74) is -0.0402. The topological polar surface area (TPSA) is 125 Å². The maximum atomic E-state index is 11.7. The van der Waals surface area contributed by atoms with Gasteiger partial charge in [0.1, 0.15) is 0 Å². The number of nitro benzene ring substituents is 1. The van der Waals surface area contributed by atoms with Crippen molar-refractivity contribution in [3.05, 3.63) is 39.9 Å². The van der Waals surface area contributed by atoms with Crippen LogP contribution < -0.4 is 5.32 Å². The molecule has 130 valence electrons. The molecule has 0 spiro atoms. The molecule has 0 fully saturated rings. The van der Waals surface area contributed by atoms with Crippen molar-refractivity contribution < 1.29 is 28.8 Å². The molecule has 0 aliphatic heterocycles. The molecule has 1 aromatic rings. The first-order valence-electron chi connectivity index (χ1n) is 7.28. The van der Waals surface area contributed by atoms with Gasteiger partial charge in [0.25, 0.3) is 11.6 Å². The van der Waals surface area contributed by atoms with Gasteiger partial charge >= 0.3 is 11.9 Å². The lowest BCUT2D eigenvalue weighted by Crippen LogP contribution is -2.30. The third-order valence-corrected chi connectivity index (χ3v) is 2.83. The van der Waals surface area contributed by atoms with E-state index in [1.165, 1.54) is 24.3 Å². The Labute approximate surface area is 138 Å². The first-order valence-corrected chi connectivity index (χ1v) is 7.28. The van der Waals surface area contributed by atoms with E-state index in [1.54, 1.807) is 6.92 Å². The van der Waals surface area contributed by atoms with Crippen molar-refractivity contribution >= 4 is 23.5 Å². The molecule has 1 N–H and O–H groups in total. The van der Waals surface area contributed by atoms with E-state index in [9.17, 15) is 24.5 Å². The average Bonchev–Trinajstić information content (AvgIpc) is 2.57. The van der Waals surface area contributed by atoms with Crippen molar-refractivity contribution in [3.8, 4) is 0 Å². The molecule has 0 bridgehead atoms. The van der Waals surface area contributed by atoms with Crippen LogP contribution in [0.3, 0.4) is 0 Å². The van der Waals surface area contributed by atoms with E-state index in [1.807, 2.05) is 0 Å². The summed E-state index contributed by atoms with van der Waals surface area (Å²) >= 11 is 0. The Morgan fingerprint density at radius 2 is 1.83 bits per heavy atom. The van der Waals surface area contributed by atoms with Crippen LogP contribution in [-0.4, -0.2) is 42.5 Å². The highest BCUT2D eigenvalue weighted by Crippen LogP contribution is 2.12. The summed E-state index contributed by atoms with van der Waals surface area (Å²) in [5.74, 6) is -1.60. The maximum Gasteiger partial charge on any atom is 0.338 e. The van der Waals surface area contributed by atoms with Crippen molar-refractivity contribution in [3.63, 3.8) is 0 Å². The average molecular weight is 338 g/mol. The van der Waals surface area contributed by atoms with Gasteiger partial charge in [0.15, 0.2) is 6.61 Å². The molecule has 0 unspecified atom stereocenters. The Balaban J connectivity index is 2.27. The molecule has 0 atom stereocenters. The highest BCUT2D eigenvalue weighted by Gasteiger charge is 2.12. The maximum absolute atomic E-state index is 11.7. The van der Waals surface area contributed by atoms with Gasteiger partial charge < -0.3 is 14.8 Å². The van der Waals surface area contributed by atoms with Crippen molar-refractivity contribution in [2.45, 2.75) is 19.8 Å². The van der Waals surface area contributed by atoms with Crippen molar-refractivity contribution in [2.24, 2.45) is 0 Å². The Hall–Kier alpha value is -2.97. The molecule has 9 heteroatoms. The molecule has 0 radical (unpaired) electrons. The van der Waals surface area contributed by atoms with Crippen LogP contribution in [0.1, 0.15) is 30.1 Å². The Kier molecular flexibility index (Phi) is 7.89. The van der Waals surface area contributed by atoms with Crippen molar-refractivity contribution in [2.75, 3.05) is 19.8 Å². The number of amides is 1. The van der Waals surface area contributed by atoms with Gasteiger partial charge in [0, 0.05) is 25.1 Å². The highest BCUT2D eigenvalue weighted by atomic mass is 16.6. The predicted octanol–water partition coefficient (Wildman–Crippen LogP) is 1.21. The molecule has 0 aliphatic carbocycles. The van der Waals surface area contributed by atoms with Gasteiger partial charge in [-0.15, -0.1) is 0 Å². The van der Waals surface area contributed by atoms with Crippen LogP contribution in [0.2, 0.25) is 0 Å². The van der Waals surface area contributed by atoms with Gasteiger partial charge in [-0.05, 0) is 25.5 Å². The first-order chi connectivity index (χ1) is 11.4. The summed E-state index contributed by atoms with van der Waals surface area (Å²) in [5, 5.41) is 13.0. The van der Waals surface area contributed by atoms with Crippen LogP contribution in [-0.2, 0) is 19.1 Å². The van der Waals surface area contributed by atoms with Crippen LogP contribution in [0.25, 0.3) is 0 Å². The fraction of sp³-hybridized carbons (Fsp3) is 0.400. The SMILES string of the molecule is CCOC(=O)CCCNC(=O)COC(=O)c1ccc([N+](=O)[O-])cc1. The summed E-state index contributed by atoms with van der Waals surface area (Å²) < 4.78 is 9.53. The minimum Gasteiger partial charge on any atom is -0.466 e. The third kappa shape index (κ3) is 6.86. The van der Waals surface area contributed by atoms with E-state index >= 15 is 0 Å². The van der Waals surface area contributed by atoms with Gasteiger partial charge in [-0.2, -0.15) is 0 Å². The summed E-state index contributed by atoms with van der Waals surface area (Å²) in [4.78, 5) is 44.2. The van der Waals surface area contributed by atoms with Crippen LogP contribution in [0, 0.1) is 10.1 Å². The lowest BCUT2D eigenvalue weighted by Gasteiger charge is -2.06. The number of rotatable bonds is 9. The van der Waals surface area contributed by atoms with Crippen molar-refractivity contribution in [1.82, 2.24) is 5.32 Å². The smallest absolute Gasteiger partial charge is 0.338 e. The molecular weight excluding hydrogens is 320 g/mol. The first kappa shape index (κ1) is 19.1. The largest absolute Gasteiger partial charge is 0.466 e. The monoisotopic (exact) mass is 338 g/mol. The number of nitro groups is 1. The summed E-state index contributed by atoms with van der Waals surface area (Å²) in [6.45, 7) is 1.80. The highest BCUT2D eigenvalue weighted by molar-refractivity contribution is 5.91. The van der Waals surface area contributed by atoms with Gasteiger partial charge in [0.2, 0.25) is 0 Å². The van der Waals surface area contributed by atoms with Gasteiger partial charge in [-0.25, -0.2) is 4.79 Å². The lowest BCUT2D eigenvalue weighted by molar-refractivity contribution is -0.384. The Bertz CT molecular complexity index is 598. The fourth-order valence-corrected chi connectivity index (χ4v) is 1.68. The third-order valence-electron chi connectivity index (χ3n) is 2.83. The van der Waals surface area contributed by atoms with E-state index in [2.05, 4.69) is 5.32 Å². The number of carbonyl (C=O) groups is 3. The second-order valence-electron chi connectivity index (χ2n) is 4.64. The Morgan fingerprint density at radius 3 is 2.42 bits per heavy atom. The second-order valence-corrected chi connectivity index (χ2v) is 4.64. The second kappa shape index (κ2) is 9.93. The van der Waals surface area contributed by atoms with Gasteiger partial charge in [0.05, 0.1) is 17.1 Å². The normalized spacial score (nSPS) is 9.88. The lowest BCUT2D eigenvalue weighted by atomic mass is 10.2. The van der Waals surface area contributed by atoms with E-state index < -0.39 is 23.4 Å². The number of benzene rings is 1. The number of hydrogen-bond donors (Lipinski definition) is 1. The predicted molar refractivity (Wildman–Crippen MR) is 82.3 cm³/mol. The number of nitrogens with zero attached hydrogens (tertiary/aromatic N) is 1.